The van der Waals surface area contributed by atoms with E-state index in [1.54, 1.807) is 13.8 Å². The molecule has 6 nitrogen and oxygen atoms in total. The van der Waals surface area contributed by atoms with Crippen LogP contribution in [0, 0.1) is 0 Å². The fourth-order valence-electron chi connectivity index (χ4n) is 1.17. The Hall–Kier alpha value is -0.810. The van der Waals surface area contributed by atoms with E-state index in [-0.39, 0.29) is 13.2 Å². The molecule has 1 heterocycles. The Labute approximate surface area is 109 Å². The molecular weight excluding hydrogens is 255 g/mol. The first-order valence-electron chi connectivity index (χ1n) is 5.91. The molecule has 0 atom stereocenters. The van der Waals surface area contributed by atoms with Gasteiger partial charge in [-0.3, -0.25) is 9.05 Å². The van der Waals surface area contributed by atoms with Gasteiger partial charge < -0.3 is 14.7 Å². The van der Waals surface area contributed by atoms with Crippen LogP contribution in [0.3, 0.4) is 0 Å². The van der Waals surface area contributed by atoms with Crippen LogP contribution in [0.2, 0.25) is 0 Å². The summed E-state index contributed by atoms with van der Waals surface area (Å²) in [6, 6.07) is 0. The van der Waals surface area contributed by atoms with Gasteiger partial charge in [0, 0.05) is 18.9 Å². The van der Waals surface area contributed by atoms with E-state index in [1.807, 2.05) is 17.3 Å². The average Bonchev–Trinajstić information content (AvgIpc) is 2.77. The fraction of sp³-hybridized carbons (Fsp3) is 0.636. The van der Waals surface area contributed by atoms with Gasteiger partial charge in [0.2, 0.25) is 0 Å². The Kier molecular flexibility index (Phi) is 8.75. The van der Waals surface area contributed by atoms with E-state index in [2.05, 4.69) is 33.7 Å². The van der Waals surface area contributed by atoms with Gasteiger partial charge in [-0.05, 0) is 27.0 Å². The van der Waals surface area contributed by atoms with Crippen molar-refractivity contribution in [2.24, 2.45) is 0 Å². The lowest BCUT2D eigenvalue weighted by molar-refractivity contribution is 0.161. The molecule has 0 aromatic carbocycles. The summed E-state index contributed by atoms with van der Waals surface area (Å²) in [6.07, 6.45) is 5.92. The number of hydrogen-bond donors (Lipinski definition) is 1. The highest BCUT2D eigenvalue weighted by atomic mass is 31.2. The van der Waals surface area contributed by atoms with E-state index in [9.17, 15) is 4.57 Å². The molecule has 0 fully saturated rings. The molecule has 0 spiro atoms. The van der Waals surface area contributed by atoms with Crippen molar-refractivity contribution in [3.63, 3.8) is 0 Å². The van der Waals surface area contributed by atoms with E-state index in [0.717, 1.165) is 13.2 Å². The third-order valence-electron chi connectivity index (χ3n) is 2.04. The maximum Gasteiger partial charge on any atom is 0.472 e. The predicted octanol–water partition coefficient (Wildman–Crippen LogP) is 2.36. The summed E-state index contributed by atoms with van der Waals surface area (Å²) in [5.74, 6) is 0. The molecule has 1 aliphatic rings. The summed E-state index contributed by atoms with van der Waals surface area (Å²) >= 11 is 0. The minimum atomic E-state index is -3.69. The molecule has 0 unspecified atom stereocenters. The van der Waals surface area contributed by atoms with Crippen molar-refractivity contribution in [2.45, 2.75) is 20.8 Å². The Bertz CT molecular complexity index is 299. The van der Waals surface area contributed by atoms with E-state index in [1.165, 1.54) is 0 Å². The lowest BCUT2D eigenvalue weighted by atomic mass is 10.6. The molecule has 1 aliphatic heterocycles. The van der Waals surface area contributed by atoms with E-state index < -0.39 is 7.82 Å². The van der Waals surface area contributed by atoms with Crippen LogP contribution in [0.25, 0.3) is 0 Å². The normalized spacial score (nSPS) is 14.4. The van der Waals surface area contributed by atoms with Crippen molar-refractivity contribution in [2.75, 3.05) is 26.4 Å². The topological polar surface area (TPSA) is 62.2 Å². The zero-order chi connectivity index (χ0) is 14.0. The zero-order valence-corrected chi connectivity index (χ0v) is 12.2. The van der Waals surface area contributed by atoms with Gasteiger partial charge in [-0.2, -0.15) is 0 Å². The van der Waals surface area contributed by atoms with Crippen LogP contribution in [0.1, 0.15) is 20.8 Å². The Morgan fingerprint density at radius 2 is 1.89 bits per heavy atom. The average molecular weight is 278 g/mol. The quantitative estimate of drug-likeness (QED) is 0.752. The highest BCUT2D eigenvalue weighted by molar-refractivity contribution is 7.47. The molecule has 0 bridgehead atoms. The Morgan fingerprint density at radius 1 is 1.33 bits per heavy atom. The van der Waals surface area contributed by atoms with Crippen molar-refractivity contribution in [1.29, 1.82) is 0 Å². The number of phosphoric ester groups is 1. The third kappa shape index (κ3) is 7.50. The SMILES string of the molecule is C=CN1C=CN(CC)C1.CCOP(=O)(O)OCC. The lowest BCUT2D eigenvalue weighted by Gasteiger charge is -2.15. The van der Waals surface area contributed by atoms with E-state index >= 15 is 0 Å². The molecule has 1 N–H and O–H groups in total. The van der Waals surface area contributed by atoms with Crippen LogP contribution in [-0.4, -0.2) is 41.1 Å². The van der Waals surface area contributed by atoms with Crippen LogP contribution in [0.4, 0.5) is 0 Å². The third-order valence-corrected chi connectivity index (χ3v) is 3.21. The van der Waals surface area contributed by atoms with Gasteiger partial charge in [-0.15, -0.1) is 0 Å². The fourth-order valence-corrected chi connectivity index (χ4v) is 1.90. The van der Waals surface area contributed by atoms with Gasteiger partial charge in [-0.25, -0.2) is 4.57 Å². The van der Waals surface area contributed by atoms with Crippen LogP contribution in [0.5, 0.6) is 0 Å². The summed E-state index contributed by atoms with van der Waals surface area (Å²) in [5.41, 5.74) is 0. The van der Waals surface area contributed by atoms with Crippen LogP contribution >= 0.6 is 7.82 Å². The standard InChI is InChI=1S/C7H12N2.C4H11O4P/c1-3-8-5-6-9(4-2)7-8;1-3-7-9(5,6)8-4-2/h3,5-6H,1,4,7H2,2H3;3-4H2,1-2H3,(H,5,6). The summed E-state index contributed by atoms with van der Waals surface area (Å²) in [5, 5.41) is 0. The molecule has 0 radical (unpaired) electrons. The summed E-state index contributed by atoms with van der Waals surface area (Å²) in [7, 11) is -3.69. The monoisotopic (exact) mass is 278 g/mol. The van der Waals surface area contributed by atoms with E-state index in [4.69, 9.17) is 4.89 Å². The molecular formula is C11H23N2O4P. The molecule has 0 aromatic rings. The molecule has 0 amide bonds. The zero-order valence-electron chi connectivity index (χ0n) is 11.3. The summed E-state index contributed by atoms with van der Waals surface area (Å²) < 4.78 is 19.2. The second kappa shape index (κ2) is 9.16. The van der Waals surface area contributed by atoms with Gasteiger partial charge in [0.1, 0.15) is 0 Å². The minimum absolute atomic E-state index is 0.188. The number of nitrogens with zero attached hydrogens (tertiary/aromatic N) is 2. The summed E-state index contributed by atoms with van der Waals surface area (Å²) in [6.45, 7) is 11.5. The van der Waals surface area contributed by atoms with E-state index in [0.29, 0.717) is 0 Å². The summed E-state index contributed by atoms with van der Waals surface area (Å²) in [4.78, 5) is 12.9. The molecule has 0 aliphatic carbocycles. The number of hydrogen-bond acceptors (Lipinski definition) is 5. The molecule has 18 heavy (non-hydrogen) atoms. The number of phosphoric acid groups is 1. The van der Waals surface area contributed by atoms with Gasteiger partial charge in [0.05, 0.1) is 19.9 Å². The molecule has 1 rings (SSSR count). The highest BCUT2D eigenvalue weighted by Crippen LogP contribution is 2.42. The van der Waals surface area contributed by atoms with Crippen LogP contribution in [0.15, 0.2) is 25.2 Å². The van der Waals surface area contributed by atoms with Crippen molar-refractivity contribution in [3.05, 3.63) is 25.2 Å². The van der Waals surface area contributed by atoms with Crippen LogP contribution < -0.4 is 0 Å². The second-order valence-electron chi connectivity index (χ2n) is 3.35. The Balaban J connectivity index is 0.000000321. The largest absolute Gasteiger partial charge is 0.472 e. The van der Waals surface area contributed by atoms with Crippen molar-refractivity contribution in [3.8, 4) is 0 Å². The van der Waals surface area contributed by atoms with Crippen molar-refractivity contribution >= 4 is 7.82 Å². The first-order chi connectivity index (χ1) is 8.49. The first kappa shape index (κ1) is 17.2. The maximum absolute atomic E-state index is 10.5. The highest BCUT2D eigenvalue weighted by Gasteiger charge is 2.17. The van der Waals surface area contributed by atoms with Gasteiger partial charge in [-0.1, -0.05) is 6.58 Å². The molecule has 0 aromatic heterocycles. The first-order valence-corrected chi connectivity index (χ1v) is 7.41. The van der Waals surface area contributed by atoms with Crippen LogP contribution in [-0.2, 0) is 13.6 Å². The van der Waals surface area contributed by atoms with Gasteiger partial charge >= 0.3 is 7.82 Å². The lowest BCUT2D eigenvalue weighted by Crippen LogP contribution is -2.20. The number of rotatable bonds is 6. The molecule has 0 saturated carbocycles. The van der Waals surface area contributed by atoms with Gasteiger partial charge in [0.25, 0.3) is 0 Å². The van der Waals surface area contributed by atoms with Crippen molar-refractivity contribution < 1.29 is 18.5 Å². The van der Waals surface area contributed by atoms with Crippen molar-refractivity contribution in [1.82, 2.24) is 9.80 Å². The maximum atomic E-state index is 10.5. The molecule has 7 heteroatoms. The van der Waals surface area contributed by atoms with Gasteiger partial charge in [0.15, 0.2) is 0 Å². The molecule has 0 saturated heterocycles. The molecule has 106 valence electrons. The Morgan fingerprint density at radius 3 is 2.17 bits per heavy atom. The minimum Gasteiger partial charge on any atom is -0.359 e. The smallest absolute Gasteiger partial charge is 0.359 e. The second-order valence-corrected chi connectivity index (χ2v) is 4.80. The predicted molar refractivity (Wildman–Crippen MR) is 71.5 cm³/mol.